The fourth-order valence-electron chi connectivity index (χ4n) is 3.47. The van der Waals surface area contributed by atoms with E-state index >= 15 is 0 Å². The highest BCUT2D eigenvalue weighted by molar-refractivity contribution is 5.61. The van der Waals surface area contributed by atoms with Crippen LogP contribution in [0.4, 0.5) is 0 Å². The number of likely N-dealkylation sites (tertiary alicyclic amines) is 1. The van der Waals surface area contributed by atoms with Crippen molar-refractivity contribution < 1.29 is 5.11 Å². The third-order valence-corrected chi connectivity index (χ3v) is 5.09. The molecule has 0 spiro atoms. The van der Waals surface area contributed by atoms with Gasteiger partial charge in [-0.25, -0.2) is 0 Å². The minimum Gasteiger partial charge on any atom is -0.384 e. The van der Waals surface area contributed by atoms with E-state index in [1.807, 2.05) is 0 Å². The lowest BCUT2D eigenvalue weighted by Crippen LogP contribution is -2.37. The molecular weight excluding hydrogens is 318 g/mol. The second-order valence-corrected chi connectivity index (χ2v) is 7.20. The zero-order valence-corrected chi connectivity index (χ0v) is 16.1. The number of likely N-dealkylation sites (N-methyl/N-ethyl adjacent to an activating group) is 1. The van der Waals surface area contributed by atoms with E-state index in [-0.39, 0.29) is 0 Å². The third kappa shape index (κ3) is 4.51. The van der Waals surface area contributed by atoms with Gasteiger partial charge < -0.3 is 5.11 Å². The predicted molar refractivity (Wildman–Crippen MR) is 111 cm³/mol. The molecule has 0 aromatic heterocycles. The summed E-state index contributed by atoms with van der Waals surface area (Å²) in [6, 6.07) is 17.2. The van der Waals surface area contributed by atoms with E-state index in [1.54, 1.807) is 0 Å². The van der Waals surface area contributed by atoms with E-state index in [0.29, 0.717) is 0 Å². The van der Waals surface area contributed by atoms with Crippen molar-refractivity contribution in [3.8, 4) is 0 Å². The molecule has 0 radical (unpaired) electrons. The molecule has 1 heterocycles. The van der Waals surface area contributed by atoms with Crippen LogP contribution in [0.3, 0.4) is 0 Å². The normalized spacial score (nSPS) is 21.5. The van der Waals surface area contributed by atoms with Crippen LogP contribution in [0.2, 0.25) is 0 Å². The number of piperidine rings is 1. The standard InChI is InChI=1S/C24H29NO/c1-4-18-6-10-20(11-7-18)14-22-16-25(3)17-23(24(22)26)15-21-12-8-19(5-2)9-13-21/h6-15,24,26H,4-5,16-17H2,1-3H3/b22-14-,23-15+. The van der Waals surface area contributed by atoms with Gasteiger partial charge in [0.1, 0.15) is 0 Å². The zero-order chi connectivity index (χ0) is 18.5. The first-order chi connectivity index (χ1) is 12.6. The smallest absolute Gasteiger partial charge is 0.0992 e. The number of benzene rings is 2. The van der Waals surface area contributed by atoms with Gasteiger partial charge in [0.25, 0.3) is 0 Å². The first-order valence-electron chi connectivity index (χ1n) is 9.54. The summed E-state index contributed by atoms with van der Waals surface area (Å²) in [6.07, 6.45) is 5.85. The Labute approximate surface area is 157 Å². The highest BCUT2D eigenvalue weighted by Crippen LogP contribution is 2.25. The summed E-state index contributed by atoms with van der Waals surface area (Å²) in [4.78, 5) is 2.26. The molecular formula is C24H29NO. The lowest BCUT2D eigenvalue weighted by Gasteiger charge is -2.31. The number of aryl methyl sites for hydroxylation is 2. The largest absolute Gasteiger partial charge is 0.384 e. The van der Waals surface area contributed by atoms with Crippen molar-refractivity contribution in [2.24, 2.45) is 0 Å². The fourth-order valence-corrected chi connectivity index (χ4v) is 3.47. The van der Waals surface area contributed by atoms with Crippen LogP contribution in [0.1, 0.15) is 36.1 Å². The van der Waals surface area contributed by atoms with Crippen LogP contribution in [-0.2, 0) is 12.8 Å². The molecule has 2 aromatic carbocycles. The number of hydrogen-bond acceptors (Lipinski definition) is 2. The van der Waals surface area contributed by atoms with E-state index in [9.17, 15) is 5.11 Å². The van der Waals surface area contributed by atoms with E-state index in [0.717, 1.165) is 48.2 Å². The van der Waals surface area contributed by atoms with Gasteiger partial charge >= 0.3 is 0 Å². The summed E-state index contributed by atoms with van der Waals surface area (Å²) < 4.78 is 0. The van der Waals surface area contributed by atoms with Gasteiger partial charge in [0.05, 0.1) is 6.10 Å². The molecule has 1 aliphatic heterocycles. The third-order valence-electron chi connectivity index (χ3n) is 5.09. The fraction of sp³-hybridized carbons (Fsp3) is 0.333. The molecule has 0 amide bonds. The Morgan fingerprint density at radius 2 is 1.19 bits per heavy atom. The predicted octanol–water partition coefficient (Wildman–Crippen LogP) is 4.58. The Morgan fingerprint density at radius 3 is 1.54 bits per heavy atom. The average molecular weight is 348 g/mol. The summed E-state index contributed by atoms with van der Waals surface area (Å²) >= 11 is 0. The summed E-state index contributed by atoms with van der Waals surface area (Å²) in [5.74, 6) is 0. The van der Waals surface area contributed by atoms with Crippen molar-refractivity contribution in [1.82, 2.24) is 4.90 Å². The second kappa shape index (κ2) is 8.48. The van der Waals surface area contributed by atoms with E-state index in [2.05, 4.69) is 86.5 Å². The Bertz CT molecular complexity index is 716. The molecule has 1 atom stereocenters. The van der Waals surface area contributed by atoms with Gasteiger partial charge in [0.15, 0.2) is 0 Å². The molecule has 136 valence electrons. The second-order valence-electron chi connectivity index (χ2n) is 7.20. The number of hydrogen-bond donors (Lipinski definition) is 1. The van der Waals surface area contributed by atoms with Crippen LogP contribution in [0.25, 0.3) is 12.2 Å². The first kappa shape index (κ1) is 18.6. The first-order valence-corrected chi connectivity index (χ1v) is 9.54. The maximum Gasteiger partial charge on any atom is 0.0992 e. The van der Waals surface area contributed by atoms with E-state index in [1.165, 1.54) is 11.1 Å². The lowest BCUT2D eigenvalue weighted by atomic mass is 9.92. The number of aliphatic hydroxyl groups is 1. The van der Waals surface area contributed by atoms with Gasteiger partial charge in [-0.2, -0.15) is 0 Å². The van der Waals surface area contributed by atoms with Gasteiger partial charge in [-0.15, -0.1) is 0 Å². The molecule has 1 saturated heterocycles. The van der Waals surface area contributed by atoms with Crippen LogP contribution in [-0.4, -0.2) is 36.2 Å². The minimum atomic E-state index is -0.511. The Balaban J connectivity index is 1.85. The topological polar surface area (TPSA) is 23.5 Å². The quantitative estimate of drug-likeness (QED) is 0.875. The van der Waals surface area contributed by atoms with Crippen LogP contribution in [0, 0.1) is 0 Å². The van der Waals surface area contributed by atoms with Crippen LogP contribution < -0.4 is 0 Å². The van der Waals surface area contributed by atoms with E-state index < -0.39 is 6.10 Å². The van der Waals surface area contributed by atoms with Crippen LogP contribution >= 0.6 is 0 Å². The molecule has 0 bridgehead atoms. The van der Waals surface area contributed by atoms with Crippen molar-refractivity contribution in [2.45, 2.75) is 32.8 Å². The highest BCUT2D eigenvalue weighted by Gasteiger charge is 2.24. The van der Waals surface area contributed by atoms with Gasteiger partial charge in [-0.05, 0) is 53.3 Å². The average Bonchev–Trinajstić information content (AvgIpc) is 2.66. The molecule has 1 fully saturated rings. The monoisotopic (exact) mass is 347 g/mol. The molecule has 0 saturated carbocycles. The zero-order valence-electron chi connectivity index (χ0n) is 16.1. The van der Waals surface area contributed by atoms with Gasteiger partial charge in [0.2, 0.25) is 0 Å². The maximum atomic E-state index is 10.9. The highest BCUT2D eigenvalue weighted by atomic mass is 16.3. The minimum absolute atomic E-state index is 0.511. The van der Waals surface area contributed by atoms with Crippen LogP contribution in [0.15, 0.2) is 59.7 Å². The van der Waals surface area contributed by atoms with Crippen molar-refractivity contribution in [3.05, 3.63) is 81.9 Å². The molecule has 3 rings (SSSR count). The SMILES string of the molecule is CCc1ccc(/C=C2/CN(C)C/C(=C\c3ccc(CC)cc3)C2O)cc1. The van der Waals surface area contributed by atoms with Gasteiger partial charge in [-0.1, -0.05) is 74.5 Å². The molecule has 2 heteroatoms. The molecule has 1 N–H and O–H groups in total. The molecule has 0 aliphatic carbocycles. The Morgan fingerprint density at radius 1 is 0.808 bits per heavy atom. The Hall–Kier alpha value is -2.16. The van der Waals surface area contributed by atoms with Gasteiger partial charge in [0, 0.05) is 13.1 Å². The van der Waals surface area contributed by atoms with Crippen molar-refractivity contribution >= 4 is 12.2 Å². The maximum absolute atomic E-state index is 10.9. The molecule has 26 heavy (non-hydrogen) atoms. The summed E-state index contributed by atoms with van der Waals surface area (Å²) in [5.41, 5.74) is 7.09. The lowest BCUT2D eigenvalue weighted by molar-refractivity contribution is 0.198. The van der Waals surface area contributed by atoms with Crippen molar-refractivity contribution in [1.29, 1.82) is 0 Å². The number of aliphatic hydroxyl groups excluding tert-OH is 1. The summed E-state index contributed by atoms with van der Waals surface area (Å²) in [7, 11) is 2.11. The van der Waals surface area contributed by atoms with Crippen molar-refractivity contribution in [2.75, 3.05) is 20.1 Å². The van der Waals surface area contributed by atoms with Crippen molar-refractivity contribution in [3.63, 3.8) is 0 Å². The van der Waals surface area contributed by atoms with Crippen LogP contribution in [0.5, 0.6) is 0 Å². The Kier molecular flexibility index (Phi) is 6.08. The van der Waals surface area contributed by atoms with Gasteiger partial charge in [-0.3, -0.25) is 4.90 Å². The molecule has 2 nitrogen and oxygen atoms in total. The molecule has 2 aromatic rings. The summed E-state index contributed by atoms with van der Waals surface area (Å²) in [6.45, 7) is 5.92. The number of rotatable bonds is 4. The number of nitrogens with zero attached hydrogens (tertiary/aromatic N) is 1. The van der Waals surface area contributed by atoms with E-state index in [4.69, 9.17) is 0 Å². The molecule has 1 aliphatic rings. The summed E-state index contributed by atoms with van der Waals surface area (Å²) in [5, 5.41) is 10.9. The molecule has 1 unspecified atom stereocenters.